The molecule has 178 valence electrons. The van der Waals surface area contributed by atoms with E-state index in [0.717, 1.165) is 4.90 Å². The number of ether oxygens (including phenoxy) is 1. The van der Waals surface area contributed by atoms with Crippen LogP contribution in [-0.2, 0) is 17.9 Å². The van der Waals surface area contributed by atoms with Gasteiger partial charge in [0.15, 0.2) is 0 Å². The number of imide groups is 1. The number of thioether (sulfide) groups is 1. The molecule has 0 bridgehead atoms. The van der Waals surface area contributed by atoms with E-state index in [1.165, 1.54) is 66.7 Å². The van der Waals surface area contributed by atoms with Crippen molar-refractivity contribution in [3.63, 3.8) is 0 Å². The third kappa shape index (κ3) is 5.50. The second-order valence-electron chi connectivity index (χ2n) is 7.36. The van der Waals surface area contributed by atoms with E-state index >= 15 is 0 Å². The van der Waals surface area contributed by atoms with E-state index in [2.05, 4.69) is 0 Å². The molecule has 1 aliphatic rings. The second-order valence-corrected chi connectivity index (χ2v) is 8.76. The standard InChI is InChI=1S/C24H15ClF2N2O5S/c25-19-2-1-3-20(27)18(19)12-28-23(30)22(35-24(28)31)11-15-10-17(29(32)33)8-9-21(15)34-13-14-4-6-16(26)7-5-14/h1-11H,12-13H2/b22-11-. The number of rotatable bonds is 7. The smallest absolute Gasteiger partial charge is 0.293 e. The number of halogens is 3. The molecule has 1 saturated heterocycles. The minimum atomic E-state index is -0.699. The minimum absolute atomic E-state index is 0.00335. The van der Waals surface area contributed by atoms with Crippen LogP contribution in [0.4, 0.5) is 19.3 Å². The zero-order valence-corrected chi connectivity index (χ0v) is 19.3. The minimum Gasteiger partial charge on any atom is -0.488 e. The number of nitro benzene ring substituents is 1. The Labute approximate surface area is 207 Å². The SMILES string of the molecule is O=C1S/C(=C\c2cc([N+](=O)[O-])ccc2OCc2ccc(F)cc2)C(=O)N1Cc1c(F)cccc1Cl. The fraction of sp³-hybridized carbons (Fsp3) is 0.0833. The number of benzene rings is 3. The van der Waals surface area contributed by atoms with Gasteiger partial charge in [-0.1, -0.05) is 29.8 Å². The van der Waals surface area contributed by atoms with Crippen LogP contribution in [-0.4, -0.2) is 21.0 Å². The summed E-state index contributed by atoms with van der Waals surface area (Å²) in [5.41, 5.74) is 0.590. The van der Waals surface area contributed by atoms with Crippen LogP contribution in [0.3, 0.4) is 0 Å². The molecule has 0 unspecified atom stereocenters. The number of nitrogens with zero attached hydrogens (tertiary/aromatic N) is 2. The summed E-state index contributed by atoms with van der Waals surface area (Å²) >= 11 is 6.63. The lowest BCUT2D eigenvalue weighted by atomic mass is 10.1. The van der Waals surface area contributed by atoms with Crippen LogP contribution in [0.15, 0.2) is 65.6 Å². The Morgan fingerprint density at radius 2 is 1.83 bits per heavy atom. The Hall–Kier alpha value is -3.76. The van der Waals surface area contributed by atoms with Crippen LogP contribution in [0.25, 0.3) is 6.08 Å². The summed E-state index contributed by atoms with van der Waals surface area (Å²) in [5, 5.41) is 10.7. The summed E-state index contributed by atoms with van der Waals surface area (Å²) in [6, 6.07) is 13.4. The van der Waals surface area contributed by atoms with Crippen LogP contribution >= 0.6 is 23.4 Å². The van der Waals surface area contributed by atoms with Crippen LogP contribution in [0.5, 0.6) is 5.75 Å². The Kier molecular flexibility index (Phi) is 7.13. The zero-order valence-electron chi connectivity index (χ0n) is 17.7. The van der Waals surface area contributed by atoms with Gasteiger partial charge in [0.05, 0.1) is 16.4 Å². The van der Waals surface area contributed by atoms with Crippen LogP contribution in [0, 0.1) is 21.7 Å². The first-order valence-electron chi connectivity index (χ1n) is 10.1. The highest BCUT2D eigenvalue weighted by Crippen LogP contribution is 2.37. The third-order valence-corrected chi connectivity index (χ3v) is 6.31. The summed E-state index contributed by atoms with van der Waals surface area (Å²) in [6.45, 7) is -0.331. The van der Waals surface area contributed by atoms with E-state index in [1.54, 1.807) is 0 Å². The van der Waals surface area contributed by atoms with Gasteiger partial charge in [-0.3, -0.25) is 24.6 Å². The normalized spacial score (nSPS) is 14.6. The summed E-state index contributed by atoms with van der Waals surface area (Å²) in [5.74, 6) is -1.55. The van der Waals surface area contributed by atoms with Gasteiger partial charge in [-0.05, 0) is 53.7 Å². The molecule has 0 radical (unpaired) electrons. The van der Waals surface area contributed by atoms with Gasteiger partial charge in [-0.15, -0.1) is 0 Å². The highest BCUT2D eigenvalue weighted by molar-refractivity contribution is 8.18. The average Bonchev–Trinajstić information content (AvgIpc) is 3.08. The van der Waals surface area contributed by atoms with Crippen molar-refractivity contribution < 1.29 is 28.0 Å². The predicted molar refractivity (Wildman–Crippen MR) is 127 cm³/mol. The molecular formula is C24H15ClF2N2O5S. The number of carbonyl (C=O) groups excluding carboxylic acids is 2. The van der Waals surface area contributed by atoms with Crippen LogP contribution < -0.4 is 4.74 Å². The number of nitro groups is 1. The fourth-order valence-corrected chi connectivity index (χ4v) is 4.31. The van der Waals surface area contributed by atoms with E-state index < -0.39 is 27.7 Å². The van der Waals surface area contributed by atoms with E-state index in [1.807, 2.05) is 0 Å². The summed E-state index contributed by atoms with van der Waals surface area (Å²) in [4.78, 5) is 36.9. The van der Waals surface area contributed by atoms with E-state index in [4.69, 9.17) is 16.3 Å². The Balaban J connectivity index is 1.62. The van der Waals surface area contributed by atoms with Crippen molar-refractivity contribution in [2.24, 2.45) is 0 Å². The maximum atomic E-state index is 14.2. The highest BCUT2D eigenvalue weighted by Gasteiger charge is 2.36. The maximum Gasteiger partial charge on any atom is 0.293 e. The molecule has 0 N–H and O–H groups in total. The molecule has 4 rings (SSSR count). The van der Waals surface area contributed by atoms with Gasteiger partial charge >= 0.3 is 0 Å². The second kappa shape index (κ2) is 10.2. The summed E-state index contributed by atoms with van der Waals surface area (Å²) < 4.78 is 33.1. The average molecular weight is 517 g/mol. The highest BCUT2D eigenvalue weighted by atomic mass is 35.5. The third-order valence-electron chi connectivity index (χ3n) is 5.05. The van der Waals surface area contributed by atoms with Crippen molar-refractivity contribution in [1.82, 2.24) is 4.90 Å². The van der Waals surface area contributed by atoms with Crippen molar-refractivity contribution in [1.29, 1.82) is 0 Å². The molecule has 1 fully saturated rings. The molecule has 3 aromatic carbocycles. The van der Waals surface area contributed by atoms with Crippen molar-refractivity contribution in [3.8, 4) is 5.75 Å². The van der Waals surface area contributed by atoms with Gasteiger partial charge in [0.25, 0.3) is 16.8 Å². The Morgan fingerprint density at radius 3 is 2.51 bits per heavy atom. The topological polar surface area (TPSA) is 89.7 Å². The molecule has 11 heteroatoms. The molecule has 1 aliphatic heterocycles. The molecule has 1 heterocycles. The molecule has 0 aliphatic carbocycles. The largest absolute Gasteiger partial charge is 0.488 e. The van der Waals surface area contributed by atoms with Crippen LogP contribution in [0.1, 0.15) is 16.7 Å². The molecule has 0 saturated carbocycles. The fourth-order valence-electron chi connectivity index (χ4n) is 3.25. The predicted octanol–water partition coefficient (Wildman–Crippen LogP) is 6.34. The molecule has 7 nitrogen and oxygen atoms in total. The number of carbonyl (C=O) groups is 2. The van der Waals surface area contributed by atoms with Gasteiger partial charge < -0.3 is 4.74 Å². The molecule has 3 aromatic rings. The van der Waals surface area contributed by atoms with Gasteiger partial charge in [-0.25, -0.2) is 8.78 Å². The molecule has 0 spiro atoms. The van der Waals surface area contributed by atoms with Gasteiger partial charge in [0.1, 0.15) is 24.0 Å². The lowest BCUT2D eigenvalue weighted by molar-refractivity contribution is -0.384. The first-order chi connectivity index (χ1) is 16.7. The molecule has 0 aromatic heterocycles. The van der Waals surface area contributed by atoms with Crippen molar-refractivity contribution in [2.45, 2.75) is 13.2 Å². The van der Waals surface area contributed by atoms with Gasteiger partial charge in [-0.2, -0.15) is 0 Å². The first kappa shape index (κ1) is 24.4. The van der Waals surface area contributed by atoms with Gasteiger partial charge in [0, 0.05) is 28.3 Å². The number of non-ortho nitro benzene ring substituents is 1. The van der Waals surface area contributed by atoms with E-state index in [9.17, 15) is 28.5 Å². The Morgan fingerprint density at radius 1 is 1.09 bits per heavy atom. The maximum absolute atomic E-state index is 14.2. The van der Waals surface area contributed by atoms with Gasteiger partial charge in [0.2, 0.25) is 0 Å². The molecule has 35 heavy (non-hydrogen) atoms. The van der Waals surface area contributed by atoms with Crippen molar-refractivity contribution in [2.75, 3.05) is 0 Å². The molecule has 0 atom stereocenters. The number of hydrogen-bond acceptors (Lipinski definition) is 6. The zero-order chi connectivity index (χ0) is 25.1. The Bertz CT molecular complexity index is 1340. The molecular weight excluding hydrogens is 502 g/mol. The molecule has 2 amide bonds. The lowest BCUT2D eigenvalue weighted by Crippen LogP contribution is -2.28. The monoisotopic (exact) mass is 516 g/mol. The van der Waals surface area contributed by atoms with E-state index in [-0.39, 0.29) is 45.6 Å². The number of amides is 2. The van der Waals surface area contributed by atoms with E-state index in [0.29, 0.717) is 17.3 Å². The summed E-state index contributed by atoms with van der Waals surface area (Å²) in [6.07, 6.45) is 1.31. The van der Waals surface area contributed by atoms with Crippen LogP contribution in [0.2, 0.25) is 5.02 Å². The summed E-state index contributed by atoms with van der Waals surface area (Å²) in [7, 11) is 0. The van der Waals surface area contributed by atoms with Crippen molar-refractivity contribution in [3.05, 3.63) is 109 Å². The number of hydrogen-bond donors (Lipinski definition) is 0. The van der Waals surface area contributed by atoms with Crippen molar-refractivity contribution >= 4 is 46.3 Å². The quantitative estimate of drug-likeness (QED) is 0.207. The lowest BCUT2D eigenvalue weighted by Gasteiger charge is -2.14. The first-order valence-corrected chi connectivity index (χ1v) is 11.3.